The van der Waals surface area contributed by atoms with Crippen molar-refractivity contribution in [2.24, 2.45) is 0 Å². The molecular weight excluding hydrogens is 240 g/mol. The Morgan fingerprint density at radius 3 is 2.89 bits per heavy atom. The van der Waals surface area contributed by atoms with E-state index in [0.717, 1.165) is 12.5 Å². The Bertz CT molecular complexity index is 512. The SMILES string of the molecule is Nc1c(F)cc(F)cc1NCCCn1ccnn1. The summed E-state index contributed by atoms with van der Waals surface area (Å²) in [6, 6.07) is 1.93. The molecule has 0 aliphatic heterocycles. The molecule has 0 aliphatic rings. The van der Waals surface area contributed by atoms with Crippen LogP contribution in [0.3, 0.4) is 0 Å². The van der Waals surface area contributed by atoms with E-state index < -0.39 is 11.6 Å². The third-order valence-corrected chi connectivity index (χ3v) is 2.45. The molecule has 96 valence electrons. The van der Waals surface area contributed by atoms with Crippen LogP contribution < -0.4 is 11.1 Å². The number of nitrogens with two attached hydrogens (primary N) is 1. The molecule has 0 fully saturated rings. The molecule has 1 aromatic carbocycles. The van der Waals surface area contributed by atoms with Crippen LogP contribution in [0.15, 0.2) is 24.5 Å². The number of benzene rings is 1. The maximum Gasteiger partial charge on any atom is 0.151 e. The Morgan fingerprint density at radius 1 is 1.33 bits per heavy atom. The third kappa shape index (κ3) is 2.93. The molecular formula is C11H13F2N5. The van der Waals surface area contributed by atoms with Crippen LogP contribution in [0.1, 0.15) is 6.42 Å². The second-order valence-corrected chi connectivity index (χ2v) is 3.80. The summed E-state index contributed by atoms with van der Waals surface area (Å²) < 4.78 is 27.8. The van der Waals surface area contributed by atoms with E-state index >= 15 is 0 Å². The molecule has 7 heteroatoms. The Kier molecular flexibility index (Phi) is 3.71. The smallest absolute Gasteiger partial charge is 0.151 e. The zero-order valence-corrected chi connectivity index (χ0v) is 9.61. The minimum absolute atomic E-state index is 0.0721. The van der Waals surface area contributed by atoms with Gasteiger partial charge < -0.3 is 11.1 Å². The van der Waals surface area contributed by atoms with Crippen molar-refractivity contribution in [2.75, 3.05) is 17.6 Å². The molecule has 0 amide bonds. The summed E-state index contributed by atoms with van der Waals surface area (Å²) >= 11 is 0. The Morgan fingerprint density at radius 2 is 2.17 bits per heavy atom. The van der Waals surface area contributed by atoms with Crippen LogP contribution in [0.25, 0.3) is 0 Å². The maximum absolute atomic E-state index is 13.1. The summed E-state index contributed by atoms with van der Waals surface area (Å²) in [6.45, 7) is 1.21. The van der Waals surface area contributed by atoms with Crippen LogP contribution in [0, 0.1) is 11.6 Å². The van der Waals surface area contributed by atoms with Gasteiger partial charge in [-0.15, -0.1) is 5.10 Å². The lowest BCUT2D eigenvalue weighted by Crippen LogP contribution is -2.09. The fourth-order valence-electron chi connectivity index (χ4n) is 1.55. The standard InChI is InChI=1S/C11H13F2N5/c12-8-6-9(13)11(14)10(7-8)15-2-1-4-18-5-3-16-17-18/h3,5-7,15H,1-2,4,14H2. The van der Waals surface area contributed by atoms with Crippen molar-refractivity contribution in [3.63, 3.8) is 0 Å². The van der Waals surface area contributed by atoms with E-state index in [1.807, 2.05) is 0 Å². The second kappa shape index (κ2) is 5.44. The van der Waals surface area contributed by atoms with Crippen LogP contribution in [-0.4, -0.2) is 21.5 Å². The molecule has 0 spiro atoms. The van der Waals surface area contributed by atoms with Gasteiger partial charge in [-0.05, 0) is 12.5 Å². The first-order chi connectivity index (χ1) is 8.66. The van der Waals surface area contributed by atoms with Crippen molar-refractivity contribution < 1.29 is 8.78 Å². The van der Waals surface area contributed by atoms with Gasteiger partial charge >= 0.3 is 0 Å². The van der Waals surface area contributed by atoms with Gasteiger partial charge in [0.1, 0.15) is 5.82 Å². The van der Waals surface area contributed by atoms with Gasteiger partial charge in [-0.25, -0.2) is 8.78 Å². The van der Waals surface area contributed by atoms with Gasteiger partial charge in [0.25, 0.3) is 0 Å². The third-order valence-electron chi connectivity index (χ3n) is 2.45. The molecule has 1 aromatic heterocycles. The van der Waals surface area contributed by atoms with Gasteiger partial charge in [0.2, 0.25) is 0 Å². The first-order valence-corrected chi connectivity index (χ1v) is 5.49. The fraction of sp³-hybridized carbons (Fsp3) is 0.273. The van der Waals surface area contributed by atoms with E-state index in [1.165, 1.54) is 6.07 Å². The number of aromatic nitrogens is 3. The van der Waals surface area contributed by atoms with Gasteiger partial charge in [0.05, 0.1) is 17.6 Å². The van der Waals surface area contributed by atoms with Crippen LogP contribution in [0.2, 0.25) is 0 Å². The molecule has 1 heterocycles. The molecule has 3 N–H and O–H groups in total. The summed E-state index contributed by atoms with van der Waals surface area (Å²) in [4.78, 5) is 0. The fourth-order valence-corrected chi connectivity index (χ4v) is 1.55. The Labute approximate surface area is 103 Å². The lowest BCUT2D eigenvalue weighted by atomic mass is 10.2. The van der Waals surface area contributed by atoms with Crippen LogP contribution in [0.4, 0.5) is 20.2 Å². The zero-order chi connectivity index (χ0) is 13.0. The highest BCUT2D eigenvalue weighted by Crippen LogP contribution is 2.23. The average molecular weight is 253 g/mol. The van der Waals surface area contributed by atoms with Crippen molar-refractivity contribution in [3.05, 3.63) is 36.2 Å². The van der Waals surface area contributed by atoms with E-state index in [-0.39, 0.29) is 11.4 Å². The van der Waals surface area contributed by atoms with E-state index in [0.29, 0.717) is 13.1 Å². The highest BCUT2D eigenvalue weighted by atomic mass is 19.1. The van der Waals surface area contributed by atoms with E-state index in [4.69, 9.17) is 5.73 Å². The normalized spacial score (nSPS) is 10.6. The lowest BCUT2D eigenvalue weighted by Gasteiger charge is -2.10. The number of halogens is 2. The van der Waals surface area contributed by atoms with Crippen molar-refractivity contribution in [1.29, 1.82) is 0 Å². The number of anilines is 2. The van der Waals surface area contributed by atoms with Gasteiger partial charge in [0.15, 0.2) is 5.82 Å². The zero-order valence-electron chi connectivity index (χ0n) is 9.61. The molecule has 0 radical (unpaired) electrons. The molecule has 0 saturated heterocycles. The average Bonchev–Trinajstić information content (AvgIpc) is 2.83. The van der Waals surface area contributed by atoms with Gasteiger partial charge in [-0.1, -0.05) is 5.21 Å². The number of nitrogens with zero attached hydrogens (tertiary/aromatic N) is 3. The van der Waals surface area contributed by atoms with Crippen molar-refractivity contribution >= 4 is 11.4 Å². The predicted octanol–water partition coefficient (Wildman–Crippen LogP) is 1.64. The van der Waals surface area contributed by atoms with Crippen molar-refractivity contribution in [2.45, 2.75) is 13.0 Å². The molecule has 0 bridgehead atoms. The van der Waals surface area contributed by atoms with E-state index in [1.54, 1.807) is 17.1 Å². The molecule has 18 heavy (non-hydrogen) atoms. The molecule has 2 aromatic rings. The second-order valence-electron chi connectivity index (χ2n) is 3.80. The quantitative estimate of drug-likeness (QED) is 0.628. The molecule has 0 saturated carbocycles. The summed E-state index contributed by atoms with van der Waals surface area (Å²) in [7, 11) is 0. The highest BCUT2D eigenvalue weighted by molar-refractivity contribution is 5.66. The van der Waals surface area contributed by atoms with Crippen molar-refractivity contribution in [1.82, 2.24) is 15.0 Å². The number of aryl methyl sites for hydroxylation is 1. The lowest BCUT2D eigenvalue weighted by molar-refractivity contribution is 0.568. The topological polar surface area (TPSA) is 68.8 Å². The van der Waals surface area contributed by atoms with E-state index in [9.17, 15) is 8.78 Å². The summed E-state index contributed by atoms with van der Waals surface area (Å²) in [5.74, 6) is -1.41. The maximum atomic E-state index is 13.1. The minimum atomic E-state index is -0.756. The number of nitrogens with one attached hydrogen (secondary N) is 1. The molecule has 2 rings (SSSR count). The summed E-state index contributed by atoms with van der Waals surface area (Å²) in [6.07, 6.45) is 4.07. The van der Waals surface area contributed by atoms with Gasteiger partial charge in [-0.2, -0.15) is 0 Å². The Balaban J connectivity index is 1.86. The van der Waals surface area contributed by atoms with E-state index in [2.05, 4.69) is 15.6 Å². The molecule has 0 atom stereocenters. The largest absolute Gasteiger partial charge is 0.395 e. The highest BCUT2D eigenvalue weighted by Gasteiger charge is 2.07. The Hall–Kier alpha value is -2.18. The number of hydrogen-bond acceptors (Lipinski definition) is 4. The minimum Gasteiger partial charge on any atom is -0.395 e. The monoisotopic (exact) mass is 253 g/mol. The summed E-state index contributed by atoms with van der Waals surface area (Å²) in [5.41, 5.74) is 5.69. The first-order valence-electron chi connectivity index (χ1n) is 5.49. The summed E-state index contributed by atoms with van der Waals surface area (Å²) in [5, 5.41) is 10.4. The van der Waals surface area contributed by atoms with Crippen LogP contribution >= 0.6 is 0 Å². The van der Waals surface area contributed by atoms with Crippen molar-refractivity contribution in [3.8, 4) is 0 Å². The van der Waals surface area contributed by atoms with Crippen LogP contribution in [-0.2, 0) is 6.54 Å². The number of hydrogen-bond donors (Lipinski definition) is 2. The van der Waals surface area contributed by atoms with Gasteiger partial charge in [-0.3, -0.25) is 4.68 Å². The molecule has 0 aliphatic carbocycles. The van der Waals surface area contributed by atoms with Crippen LogP contribution in [0.5, 0.6) is 0 Å². The molecule has 5 nitrogen and oxygen atoms in total. The van der Waals surface area contributed by atoms with Gasteiger partial charge in [0, 0.05) is 25.4 Å². The number of rotatable bonds is 5. The first kappa shape index (κ1) is 12.3. The predicted molar refractivity (Wildman–Crippen MR) is 63.9 cm³/mol. The molecule has 0 unspecified atom stereocenters. The number of nitrogen functional groups attached to an aromatic ring is 1.